The molecule has 1 atom stereocenters. The lowest BCUT2D eigenvalue weighted by molar-refractivity contribution is -0.114. The number of hydrogen-bond donors (Lipinski definition) is 3. The molecule has 0 aliphatic carbocycles. The van der Waals surface area contributed by atoms with E-state index in [1.165, 1.54) is 6.92 Å². The van der Waals surface area contributed by atoms with Crippen molar-refractivity contribution in [1.29, 1.82) is 0 Å². The van der Waals surface area contributed by atoms with Gasteiger partial charge in [-0.25, -0.2) is 0 Å². The van der Waals surface area contributed by atoms with Crippen molar-refractivity contribution in [3.63, 3.8) is 0 Å². The Morgan fingerprint density at radius 2 is 1.87 bits per heavy atom. The summed E-state index contributed by atoms with van der Waals surface area (Å²) in [6, 6.07) is 5.19. The highest BCUT2D eigenvalue weighted by atomic mass is 16.3. The average molecular weight is 320 g/mol. The number of carbonyl (C=O) groups excluding carboxylic acids is 2. The van der Waals surface area contributed by atoms with E-state index in [-0.39, 0.29) is 17.7 Å². The molecule has 0 saturated carbocycles. The molecule has 1 aromatic rings. The molecule has 0 fully saturated rings. The van der Waals surface area contributed by atoms with E-state index in [4.69, 9.17) is 0 Å². The number of anilines is 1. The number of benzene rings is 1. The normalized spacial score (nSPS) is 12.9. The molecule has 1 aromatic carbocycles. The summed E-state index contributed by atoms with van der Waals surface area (Å²) in [7, 11) is 0. The van der Waals surface area contributed by atoms with E-state index in [0.717, 1.165) is 5.56 Å². The minimum absolute atomic E-state index is 0.118. The van der Waals surface area contributed by atoms with Gasteiger partial charge in [-0.2, -0.15) is 0 Å². The Morgan fingerprint density at radius 1 is 1.26 bits per heavy atom. The predicted molar refractivity (Wildman–Crippen MR) is 92.4 cm³/mol. The van der Waals surface area contributed by atoms with Crippen molar-refractivity contribution in [2.24, 2.45) is 11.3 Å². The first kappa shape index (κ1) is 19.2. The second kappa shape index (κ2) is 7.59. The van der Waals surface area contributed by atoms with Gasteiger partial charge in [0.15, 0.2) is 0 Å². The molecule has 0 heterocycles. The Hall–Kier alpha value is -1.88. The van der Waals surface area contributed by atoms with Crippen LogP contribution in [0.25, 0.3) is 0 Å². The Kier molecular flexibility index (Phi) is 6.33. The maximum atomic E-state index is 12.3. The lowest BCUT2D eigenvalue weighted by atomic mass is 9.80. The number of hydrogen-bond acceptors (Lipinski definition) is 3. The summed E-state index contributed by atoms with van der Waals surface area (Å²) in [6.45, 7) is 11.4. The number of rotatable bonds is 6. The largest absolute Gasteiger partial charge is 0.392 e. The molecule has 0 aliphatic heterocycles. The molecule has 128 valence electrons. The van der Waals surface area contributed by atoms with Gasteiger partial charge in [0.2, 0.25) is 5.91 Å². The Labute approximate surface area is 138 Å². The first-order valence-electron chi connectivity index (χ1n) is 7.89. The van der Waals surface area contributed by atoms with Crippen LogP contribution in [0.2, 0.25) is 0 Å². The van der Waals surface area contributed by atoms with E-state index in [1.54, 1.807) is 18.2 Å². The first-order chi connectivity index (χ1) is 10.5. The van der Waals surface area contributed by atoms with Crippen molar-refractivity contribution in [2.75, 3.05) is 11.9 Å². The number of nitrogens with one attached hydrogen (secondary N) is 2. The molecule has 0 aliphatic rings. The van der Waals surface area contributed by atoms with Crippen LogP contribution < -0.4 is 10.6 Å². The number of amides is 2. The maximum Gasteiger partial charge on any atom is 0.251 e. The second-order valence-electron chi connectivity index (χ2n) is 7.07. The molecule has 1 unspecified atom stereocenters. The average Bonchev–Trinajstić information content (AvgIpc) is 2.45. The summed E-state index contributed by atoms with van der Waals surface area (Å²) >= 11 is 0. The molecular formula is C18H28N2O3. The topological polar surface area (TPSA) is 78.4 Å². The molecule has 5 heteroatoms. The van der Waals surface area contributed by atoms with Gasteiger partial charge < -0.3 is 15.7 Å². The minimum atomic E-state index is -0.504. The molecule has 2 amide bonds. The van der Waals surface area contributed by atoms with Gasteiger partial charge in [0, 0.05) is 30.1 Å². The third kappa shape index (κ3) is 5.36. The lowest BCUT2D eigenvalue weighted by Gasteiger charge is -2.33. The smallest absolute Gasteiger partial charge is 0.251 e. The SMILES string of the molecule is CC(=O)Nc1cc(C(=O)NCC(C)(C)C(O)C(C)C)ccc1C. The standard InChI is InChI=1S/C18H28N2O3/c1-11(2)16(22)18(5,6)10-19-17(23)14-8-7-12(3)15(9-14)20-13(4)21/h7-9,11,16,22H,10H2,1-6H3,(H,19,23)(H,20,21). The summed E-state index contributed by atoms with van der Waals surface area (Å²) in [4.78, 5) is 23.5. The molecule has 5 nitrogen and oxygen atoms in total. The van der Waals surface area contributed by atoms with Gasteiger partial charge in [0.1, 0.15) is 0 Å². The Balaban J connectivity index is 2.81. The van der Waals surface area contributed by atoms with Gasteiger partial charge >= 0.3 is 0 Å². The van der Waals surface area contributed by atoms with Crippen molar-refractivity contribution >= 4 is 17.5 Å². The molecule has 0 radical (unpaired) electrons. The van der Waals surface area contributed by atoms with Crippen molar-refractivity contribution in [2.45, 2.75) is 47.6 Å². The van der Waals surface area contributed by atoms with Crippen LogP contribution in [0, 0.1) is 18.3 Å². The van der Waals surface area contributed by atoms with Crippen LogP contribution in [0.5, 0.6) is 0 Å². The summed E-state index contributed by atoms with van der Waals surface area (Å²) in [5.41, 5.74) is 1.59. The van der Waals surface area contributed by atoms with Crippen LogP contribution in [0.15, 0.2) is 18.2 Å². The number of carbonyl (C=O) groups is 2. The van der Waals surface area contributed by atoms with Gasteiger partial charge in [-0.15, -0.1) is 0 Å². The summed E-state index contributed by atoms with van der Waals surface area (Å²) < 4.78 is 0. The zero-order valence-corrected chi connectivity index (χ0v) is 14.9. The highest BCUT2D eigenvalue weighted by molar-refractivity contribution is 5.97. The van der Waals surface area contributed by atoms with Crippen molar-refractivity contribution < 1.29 is 14.7 Å². The lowest BCUT2D eigenvalue weighted by Crippen LogP contribution is -2.43. The predicted octanol–water partition coefficient (Wildman–Crippen LogP) is 2.73. The zero-order valence-electron chi connectivity index (χ0n) is 14.9. The van der Waals surface area contributed by atoms with E-state index >= 15 is 0 Å². The fourth-order valence-electron chi connectivity index (χ4n) is 2.50. The second-order valence-corrected chi connectivity index (χ2v) is 7.07. The van der Waals surface area contributed by atoms with Crippen molar-refractivity contribution in [1.82, 2.24) is 5.32 Å². The van der Waals surface area contributed by atoms with Gasteiger partial charge in [0.25, 0.3) is 5.91 Å². The van der Waals surface area contributed by atoms with E-state index in [9.17, 15) is 14.7 Å². The van der Waals surface area contributed by atoms with Crippen LogP contribution in [-0.4, -0.2) is 29.6 Å². The molecule has 23 heavy (non-hydrogen) atoms. The van der Waals surface area contributed by atoms with Gasteiger partial charge in [-0.05, 0) is 30.5 Å². The van der Waals surface area contributed by atoms with E-state index in [2.05, 4.69) is 10.6 Å². The maximum absolute atomic E-state index is 12.3. The highest BCUT2D eigenvalue weighted by Crippen LogP contribution is 2.25. The third-order valence-corrected chi connectivity index (χ3v) is 3.95. The van der Waals surface area contributed by atoms with Crippen LogP contribution in [0.1, 0.15) is 50.5 Å². The quantitative estimate of drug-likeness (QED) is 0.754. The molecule has 0 aromatic heterocycles. The van der Waals surface area contributed by atoms with Crippen LogP contribution in [0.4, 0.5) is 5.69 Å². The Bertz CT molecular complexity index is 580. The molecule has 0 spiro atoms. The minimum Gasteiger partial charge on any atom is -0.392 e. The highest BCUT2D eigenvalue weighted by Gasteiger charge is 2.30. The molecule has 0 saturated heterocycles. The van der Waals surface area contributed by atoms with Crippen LogP contribution in [0.3, 0.4) is 0 Å². The van der Waals surface area contributed by atoms with Crippen LogP contribution in [-0.2, 0) is 4.79 Å². The summed E-state index contributed by atoms with van der Waals surface area (Å²) in [5.74, 6) is -0.278. The fraction of sp³-hybridized carbons (Fsp3) is 0.556. The molecule has 1 rings (SSSR count). The monoisotopic (exact) mass is 320 g/mol. The van der Waals surface area contributed by atoms with Crippen LogP contribution >= 0.6 is 0 Å². The third-order valence-electron chi connectivity index (χ3n) is 3.95. The summed E-state index contributed by atoms with van der Waals surface area (Å²) in [6.07, 6.45) is -0.504. The van der Waals surface area contributed by atoms with Crippen molar-refractivity contribution in [3.8, 4) is 0 Å². The summed E-state index contributed by atoms with van der Waals surface area (Å²) in [5, 5.41) is 15.8. The zero-order chi connectivity index (χ0) is 17.8. The van der Waals surface area contributed by atoms with Gasteiger partial charge in [0.05, 0.1) is 6.10 Å². The number of aryl methyl sites for hydroxylation is 1. The van der Waals surface area contributed by atoms with E-state index < -0.39 is 11.5 Å². The first-order valence-corrected chi connectivity index (χ1v) is 7.89. The molecule has 3 N–H and O–H groups in total. The van der Waals surface area contributed by atoms with E-state index in [0.29, 0.717) is 17.8 Å². The molecular weight excluding hydrogens is 292 g/mol. The number of aliphatic hydroxyl groups excluding tert-OH is 1. The number of aliphatic hydroxyl groups is 1. The fourth-order valence-corrected chi connectivity index (χ4v) is 2.50. The van der Waals surface area contributed by atoms with Crippen molar-refractivity contribution in [3.05, 3.63) is 29.3 Å². The van der Waals surface area contributed by atoms with E-state index in [1.807, 2.05) is 34.6 Å². The van der Waals surface area contributed by atoms with Gasteiger partial charge in [-0.3, -0.25) is 9.59 Å². The van der Waals surface area contributed by atoms with Gasteiger partial charge in [-0.1, -0.05) is 33.8 Å². The molecule has 0 bridgehead atoms. The Morgan fingerprint density at radius 3 is 2.39 bits per heavy atom.